The monoisotopic (exact) mass is 266 g/mol. The van der Waals surface area contributed by atoms with E-state index >= 15 is 0 Å². The summed E-state index contributed by atoms with van der Waals surface area (Å²) in [6.07, 6.45) is 0. The van der Waals surface area contributed by atoms with Gasteiger partial charge in [0, 0.05) is 18.3 Å². The van der Waals surface area contributed by atoms with Gasteiger partial charge in [0.05, 0.1) is 14.2 Å². The third-order valence-electron chi connectivity index (χ3n) is 2.28. The number of nitrogens with zero attached hydrogens (tertiary/aromatic N) is 2. The first-order valence-electron chi connectivity index (χ1n) is 5.28. The smallest absolute Gasteiger partial charge is 0.210 e. The lowest BCUT2D eigenvalue weighted by Gasteiger charge is -2.09. The molecule has 96 valence electrons. The second-order valence-corrected chi connectivity index (χ2v) is 4.46. The van der Waals surface area contributed by atoms with E-state index in [4.69, 9.17) is 15.2 Å². The fraction of sp³-hybridized carbons (Fsp3) is 0.273. The number of benzene rings is 1. The Hall–Kier alpha value is -1.86. The molecule has 0 atom stereocenters. The molecule has 1 heterocycles. The van der Waals surface area contributed by atoms with Gasteiger partial charge in [0.1, 0.15) is 5.01 Å². The van der Waals surface area contributed by atoms with Crippen molar-refractivity contribution in [3.05, 3.63) is 23.2 Å². The lowest BCUT2D eigenvalue weighted by Crippen LogP contribution is -1.94. The first-order valence-corrected chi connectivity index (χ1v) is 6.10. The zero-order valence-electron chi connectivity index (χ0n) is 10.1. The molecule has 0 spiro atoms. The van der Waals surface area contributed by atoms with Crippen LogP contribution in [0.25, 0.3) is 0 Å². The van der Waals surface area contributed by atoms with E-state index in [2.05, 4.69) is 15.5 Å². The molecule has 0 saturated heterocycles. The highest BCUT2D eigenvalue weighted by atomic mass is 32.1. The SMILES string of the molecule is COc1ccc(Nc2nnc(CN)s2)cc1OC. The van der Waals surface area contributed by atoms with Gasteiger partial charge in [-0.1, -0.05) is 11.3 Å². The van der Waals surface area contributed by atoms with Crippen LogP contribution in [-0.4, -0.2) is 24.4 Å². The van der Waals surface area contributed by atoms with Crippen molar-refractivity contribution in [2.75, 3.05) is 19.5 Å². The topological polar surface area (TPSA) is 82.3 Å². The van der Waals surface area contributed by atoms with Crippen LogP contribution in [0.5, 0.6) is 11.5 Å². The van der Waals surface area contributed by atoms with Crippen molar-refractivity contribution >= 4 is 22.2 Å². The minimum atomic E-state index is 0.394. The molecule has 18 heavy (non-hydrogen) atoms. The highest BCUT2D eigenvalue weighted by molar-refractivity contribution is 7.15. The van der Waals surface area contributed by atoms with E-state index in [0.29, 0.717) is 23.2 Å². The van der Waals surface area contributed by atoms with Gasteiger partial charge in [-0.2, -0.15) is 0 Å². The summed E-state index contributed by atoms with van der Waals surface area (Å²) < 4.78 is 10.4. The van der Waals surface area contributed by atoms with E-state index in [1.807, 2.05) is 18.2 Å². The number of rotatable bonds is 5. The number of methoxy groups -OCH3 is 2. The van der Waals surface area contributed by atoms with E-state index in [1.165, 1.54) is 11.3 Å². The molecule has 0 bridgehead atoms. The molecule has 0 radical (unpaired) electrons. The molecule has 1 aromatic carbocycles. The zero-order chi connectivity index (χ0) is 13.0. The third-order valence-corrected chi connectivity index (χ3v) is 3.14. The van der Waals surface area contributed by atoms with Crippen LogP contribution in [0.3, 0.4) is 0 Å². The van der Waals surface area contributed by atoms with Crippen molar-refractivity contribution in [2.24, 2.45) is 5.73 Å². The predicted octanol–water partition coefficient (Wildman–Crippen LogP) is 1.76. The van der Waals surface area contributed by atoms with Gasteiger partial charge in [0.25, 0.3) is 0 Å². The number of nitrogens with two attached hydrogens (primary N) is 1. The number of hydrogen-bond acceptors (Lipinski definition) is 7. The van der Waals surface area contributed by atoms with Gasteiger partial charge in [-0.25, -0.2) is 0 Å². The van der Waals surface area contributed by atoms with Gasteiger partial charge in [0.15, 0.2) is 11.5 Å². The molecule has 0 aliphatic carbocycles. The molecule has 0 fully saturated rings. The van der Waals surface area contributed by atoms with Gasteiger partial charge in [-0.15, -0.1) is 10.2 Å². The lowest BCUT2D eigenvalue weighted by atomic mass is 10.3. The maximum atomic E-state index is 5.48. The molecule has 3 N–H and O–H groups in total. The number of ether oxygens (including phenoxy) is 2. The van der Waals surface area contributed by atoms with Crippen LogP contribution < -0.4 is 20.5 Å². The van der Waals surface area contributed by atoms with Gasteiger partial charge < -0.3 is 20.5 Å². The van der Waals surface area contributed by atoms with E-state index in [1.54, 1.807) is 14.2 Å². The van der Waals surface area contributed by atoms with E-state index in [0.717, 1.165) is 10.7 Å². The molecular weight excluding hydrogens is 252 g/mol. The Labute approximate surface area is 109 Å². The standard InChI is InChI=1S/C11H14N4O2S/c1-16-8-4-3-7(5-9(8)17-2)13-11-15-14-10(6-12)18-11/h3-5H,6,12H2,1-2H3,(H,13,15). The molecule has 1 aromatic heterocycles. The van der Waals surface area contributed by atoms with Crippen molar-refractivity contribution in [3.8, 4) is 11.5 Å². The molecule has 0 aliphatic rings. The average Bonchev–Trinajstić information content (AvgIpc) is 2.86. The Morgan fingerprint density at radius 1 is 1.22 bits per heavy atom. The third kappa shape index (κ3) is 2.69. The van der Waals surface area contributed by atoms with E-state index < -0.39 is 0 Å². The molecule has 7 heteroatoms. The van der Waals surface area contributed by atoms with Crippen LogP contribution in [0.2, 0.25) is 0 Å². The van der Waals surface area contributed by atoms with Gasteiger partial charge >= 0.3 is 0 Å². The van der Waals surface area contributed by atoms with E-state index in [9.17, 15) is 0 Å². The van der Waals surface area contributed by atoms with Crippen molar-refractivity contribution < 1.29 is 9.47 Å². The Morgan fingerprint density at radius 2 is 2.00 bits per heavy atom. The summed E-state index contributed by atoms with van der Waals surface area (Å²) >= 11 is 1.42. The highest BCUT2D eigenvalue weighted by Crippen LogP contribution is 2.31. The Morgan fingerprint density at radius 3 is 2.61 bits per heavy atom. The fourth-order valence-electron chi connectivity index (χ4n) is 1.42. The van der Waals surface area contributed by atoms with Crippen LogP contribution in [-0.2, 0) is 6.54 Å². The van der Waals surface area contributed by atoms with Crippen molar-refractivity contribution in [3.63, 3.8) is 0 Å². The van der Waals surface area contributed by atoms with Crippen LogP contribution in [0, 0.1) is 0 Å². The molecule has 0 amide bonds. The molecular formula is C11H14N4O2S. The Balaban J connectivity index is 2.18. The summed E-state index contributed by atoms with van der Waals surface area (Å²) in [4.78, 5) is 0. The Bertz CT molecular complexity index is 530. The Kier molecular flexibility index (Phi) is 3.96. The second kappa shape index (κ2) is 5.65. The summed E-state index contributed by atoms with van der Waals surface area (Å²) in [7, 11) is 3.20. The number of aromatic nitrogens is 2. The maximum absolute atomic E-state index is 5.48. The first kappa shape index (κ1) is 12.6. The largest absolute Gasteiger partial charge is 0.493 e. The fourth-order valence-corrected chi connectivity index (χ4v) is 2.06. The summed E-state index contributed by atoms with van der Waals surface area (Å²) in [5.41, 5.74) is 6.34. The maximum Gasteiger partial charge on any atom is 0.210 e. The van der Waals surface area contributed by atoms with Gasteiger partial charge in [0.2, 0.25) is 5.13 Å². The van der Waals surface area contributed by atoms with Crippen LogP contribution in [0.4, 0.5) is 10.8 Å². The minimum absolute atomic E-state index is 0.394. The first-order chi connectivity index (χ1) is 8.76. The van der Waals surface area contributed by atoms with E-state index in [-0.39, 0.29) is 0 Å². The van der Waals surface area contributed by atoms with Gasteiger partial charge in [-0.05, 0) is 12.1 Å². The zero-order valence-corrected chi connectivity index (χ0v) is 11.0. The van der Waals surface area contributed by atoms with Crippen molar-refractivity contribution in [2.45, 2.75) is 6.54 Å². The minimum Gasteiger partial charge on any atom is -0.493 e. The average molecular weight is 266 g/mol. The molecule has 0 aliphatic heterocycles. The molecule has 0 unspecified atom stereocenters. The summed E-state index contributed by atoms with van der Waals surface area (Å²) in [6, 6.07) is 5.54. The summed E-state index contributed by atoms with van der Waals surface area (Å²) in [6.45, 7) is 0.394. The van der Waals surface area contributed by atoms with Crippen LogP contribution >= 0.6 is 11.3 Å². The van der Waals surface area contributed by atoms with Crippen LogP contribution in [0.15, 0.2) is 18.2 Å². The number of nitrogens with one attached hydrogen (secondary N) is 1. The summed E-state index contributed by atoms with van der Waals surface area (Å²) in [5.74, 6) is 1.34. The quantitative estimate of drug-likeness (QED) is 0.858. The van der Waals surface area contributed by atoms with Crippen molar-refractivity contribution in [1.82, 2.24) is 10.2 Å². The normalized spacial score (nSPS) is 10.2. The van der Waals surface area contributed by atoms with Gasteiger partial charge in [-0.3, -0.25) is 0 Å². The molecule has 2 rings (SSSR count). The molecule has 0 saturated carbocycles. The predicted molar refractivity (Wildman–Crippen MR) is 70.6 cm³/mol. The number of hydrogen-bond donors (Lipinski definition) is 2. The number of anilines is 2. The molecule has 2 aromatic rings. The molecule has 6 nitrogen and oxygen atoms in total. The lowest BCUT2D eigenvalue weighted by molar-refractivity contribution is 0.355. The second-order valence-electron chi connectivity index (χ2n) is 3.40. The van der Waals surface area contributed by atoms with Crippen molar-refractivity contribution in [1.29, 1.82) is 0 Å². The highest BCUT2D eigenvalue weighted by Gasteiger charge is 2.07. The van der Waals surface area contributed by atoms with Crippen LogP contribution in [0.1, 0.15) is 5.01 Å². The summed E-state index contributed by atoms with van der Waals surface area (Å²) in [5, 5.41) is 12.5.